The summed E-state index contributed by atoms with van der Waals surface area (Å²) in [6.45, 7) is 0. The first-order chi connectivity index (χ1) is 29.7. The Hall–Kier alpha value is -6.85. The number of carbonyl (C=O) groups is 2. The van der Waals surface area contributed by atoms with Crippen molar-refractivity contribution in [3.8, 4) is 22.5 Å². The first kappa shape index (κ1) is 44.2. The molecule has 0 aliphatic carbocycles. The quantitative estimate of drug-likeness (QED) is 0.0991. The molecule has 4 aromatic heterocycles. The van der Waals surface area contributed by atoms with Gasteiger partial charge in [-0.3, -0.25) is 18.4 Å². The van der Waals surface area contributed by atoms with E-state index in [2.05, 4.69) is 10.6 Å². The second-order valence-electron chi connectivity index (χ2n) is 13.4. The highest BCUT2D eigenvalue weighted by molar-refractivity contribution is 6.30. The molecule has 8 aromatic rings. The van der Waals surface area contributed by atoms with Crippen LogP contribution in [0.25, 0.3) is 33.5 Å². The summed E-state index contributed by atoms with van der Waals surface area (Å²) >= 11 is 12.3. The molecule has 0 saturated heterocycles. The fourth-order valence-electron chi connectivity index (χ4n) is 6.60. The third kappa shape index (κ3) is 9.06. The van der Waals surface area contributed by atoms with E-state index in [0.717, 1.165) is 30.3 Å². The van der Waals surface area contributed by atoms with Gasteiger partial charge in [0.1, 0.15) is 33.3 Å². The lowest BCUT2D eigenvalue weighted by atomic mass is 10.1. The summed E-state index contributed by atoms with van der Waals surface area (Å²) in [5, 5.41) is 4.78. The molecule has 0 bridgehead atoms. The number of fused-ring (bicyclic) bond motifs is 2. The Morgan fingerprint density at radius 1 is 0.460 bits per heavy atom. The minimum Gasteiger partial charge on any atom is -0.322 e. The number of nitrogens with one attached hydrogen (secondary N) is 2. The van der Waals surface area contributed by atoms with Gasteiger partial charge in [0.25, 0.3) is 11.8 Å². The molecular formula is C44H23Cl2F11N4O2. The van der Waals surface area contributed by atoms with Crippen LogP contribution in [0.3, 0.4) is 0 Å². The summed E-state index contributed by atoms with van der Waals surface area (Å²) in [6, 6.07) is 25.2. The lowest BCUT2D eigenvalue weighted by molar-refractivity contribution is -0.137. The molecule has 0 spiro atoms. The molecule has 2 amide bonds. The number of rotatable bonds is 6. The van der Waals surface area contributed by atoms with Crippen LogP contribution in [-0.2, 0) is 12.4 Å². The second-order valence-corrected chi connectivity index (χ2v) is 14.2. The molecule has 0 aliphatic rings. The van der Waals surface area contributed by atoms with E-state index in [1.54, 1.807) is 6.07 Å². The van der Waals surface area contributed by atoms with Crippen LogP contribution in [-0.4, -0.2) is 20.6 Å². The summed E-state index contributed by atoms with van der Waals surface area (Å²) < 4.78 is 152. The van der Waals surface area contributed by atoms with E-state index in [1.165, 1.54) is 87.7 Å². The Balaban J connectivity index is 0.000000189. The molecular weight excluding hydrogens is 896 g/mol. The number of hydrogen-bond acceptors (Lipinski definition) is 2. The zero-order chi connectivity index (χ0) is 45.5. The smallest absolute Gasteiger partial charge is 0.322 e. The molecule has 19 heteroatoms. The Kier molecular flexibility index (Phi) is 12.0. The molecule has 0 fully saturated rings. The number of amides is 2. The van der Waals surface area contributed by atoms with Gasteiger partial charge in [-0.1, -0.05) is 65.7 Å². The molecule has 2 N–H and O–H groups in total. The minimum absolute atomic E-state index is 0.0687. The molecule has 0 aliphatic heterocycles. The SMILES string of the molecule is O=C(Nc1ccc(-c2c(C(F)(F)F)cc3cccc(Cl)n23)cc1)c1c(F)cccc1F.O=C(Nc1ccc(-c2c(C(F)(F)F)cc3cccc(Cl)n23)cc1)c1cc(F)c(F)cc1F. The highest BCUT2D eigenvalue weighted by Crippen LogP contribution is 2.42. The van der Waals surface area contributed by atoms with Gasteiger partial charge in [-0.25, -0.2) is 22.0 Å². The number of pyridine rings is 2. The van der Waals surface area contributed by atoms with Gasteiger partial charge in [-0.2, -0.15) is 26.3 Å². The molecule has 6 nitrogen and oxygen atoms in total. The Bertz CT molecular complexity index is 3030. The molecule has 63 heavy (non-hydrogen) atoms. The average molecular weight is 920 g/mol. The number of nitrogens with zero attached hydrogens (tertiary/aromatic N) is 2. The van der Waals surface area contributed by atoms with E-state index in [4.69, 9.17) is 23.2 Å². The monoisotopic (exact) mass is 918 g/mol. The molecule has 0 atom stereocenters. The van der Waals surface area contributed by atoms with Crippen LogP contribution in [0.4, 0.5) is 59.7 Å². The van der Waals surface area contributed by atoms with Gasteiger partial charge in [0.2, 0.25) is 0 Å². The van der Waals surface area contributed by atoms with Gasteiger partial charge >= 0.3 is 12.4 Å². The number of aromatic nitrogens is 2. The molecule has 4 heterocycles. The fourth-order valence-corrected chi connectivity index (χ4v) is 7.10. The third-order valence-electron chi connectivity index (χ3n) is 9.37. The number of carbonyl (C=O) groups excluding carboxylic acids is 2. The Morgan fingerprint density at radius 2 is 0.857 bits per heavy atom. The zero-order valence-corrected chi connectivity index (χ0v) is 32.8. The van der Waals surface area contributed by atoms with E-state index in [1.807, 2.05) is 0 Å². The van der Waals surface area contributed by atoms with Crippen molar-refractivity contribution in [2.45, 2.75) is 12.4 Å². The van der Waals surface area contributed by atoms with Crippen LogP contribution in [0.5, 0.6) is 0 Å². The maximum absolute atomic E-state index is 13.8. The van der Waals surface area contributed by atoms with Crippen molar-refractivity contribution in [1.82, 2.24) is 8.80 Å². The topological polar surface area (TPSA) is 67.0 Å². The molecule has 0 saturated carbocycles. The maximum Gasteiger partial charge on any atom is 0.418 e. The average Bonchev–Trinajstić information content (AvgIpc) is 3.82. The summed E-state index contributed by atoms with van der Waals surface area (Å²) in [6.07, 6.45) is -9.28. The summed E-state index contributed by atoms with van der Waals surface area (Å²) in [7, 11) is 0. The van der Waals surface area contributed by atoms with E-state index in [9.17, 15) is 57.9 Å². The molecule has 0 unspecified atom stereocenters. The van der Waals surface area contributed by atoms with Crippen molar-refractivity contribution >= 4 is 57.4 Å². The Labute approximate surface area is 357 Å². The number of halogens is 13. The molecule has 4 aromatic carbocycles. The minimum atomic E-state index is -4.65. The largest absolute Gasteiger partial charge is 0.418 e. The Morgan fingerprint density at radius 3 is 1.29 bits per heavy atom. The van der Waals surface area contributed by atoms with Crippen LogP contribution in [0.15, 0.2) is 127 Å². The maximum atomic E-state index is 13.8. The predicted octanol–water partition coefficient (Wildman–Crippen LogP) is 13.8. The van der Waals surface area contributed by atoms with Crippen molar-refractivity contribution < 1.29 is 57.9 Å². The summed E-state index contributed by atoms with van der Waals surface area (Å²) in [5.74, 6) is -8.24. The van der Waals surface area contributed by atoms with Crippen LogP contribution < -0.4 is 10.6 Å². The van der Waals surface area contributed by atoms with Crippen molar-refractivity contribution in [2.75, 3.05) is 10.6 Å². The third-order valence-corrected chi connectivity index (χ3v) is 9.96. The highest BCUT2D eigenvalue weighted by Gasteiger charge is 2.38. The van der Waals surface area contributed by atoms with Crippen molar-refractivity contribution in [2.24, 2.45) is 0 Å². The van der Waals surface area contributed by atoms with Crippen molar-refractivity contribution in [3.05, 3.63) is 189 Å². The number of hydrogen-bond donors (Lipinski definition) is 2. The number of anilines is 2. The molecule has 8 rings (SSSR count). The summed E-state index contributed by atoms with van der Waals surface area (Å²) in [5.41, 5.74) is -2.50. The second kappa shape index (κ2) is 17.1. The van der Waals surface area contributed by atoms with Crippen molar-refractivity contribution in [3.63, 3.8) is 0 Å². The first-order valence-electron chi connectivity index (χ1n) is 17.9. The fraction of sp³-hybridized carbons (Fsp3) is 0.0455. The van der Waals surface area contributed by atoms with E-state index < -0.39 is 75.5 Å². The van der Waals surface area contributed by atoms with Gasteiger partial charge in [-0.05, 0) is 90.0 Å². The predicted molar refractivity (Wildman–Crippen MR) is 214 cm³/mol. The summed E-state index contributed by atoms with van der Waals surface area (Å²) in [4.78, 5) is 24.4. The number of alkyl halides is 6. The van der Waals surface area contributed by atoms with E-state index in [0.29, 0.717) is 6.07 Å². The number of benzene rings is 4. The van der Waals surface area contributed by atoms with Gasteiger partial charge in [0.15, 0.2) is 11.6 Å². The lowest BCUT2D eigenvalue weighted by Gasteiger charge is -2.12. The van der Waals surface area contributed by atoms with Gasteiger partial charge in [0.05, 0.1) is 28.1 Å². The van der Waals surface area contributed by atoms with Gasteiger partial charge < -0.3 is 10.6 Å². The first-order valence-corrected chi connectivity index (χ1v) is 18.6. The van der Waals surface area contributed by atoms with Crippen molar-refractivity contribution in [1.29, 1.82) is 0 Å². The van der Waals surface area contributed by atoms with Gasteiger partial charge in [-0.15, -0.1) is 0 Å². The lowest BCUT2D eigenvalue weighted by Crippen LogP contribution is -2.15. The van der Waals surface area contributed by atoms with Gasteiger partial charge in [0, 0.05) is 28.5 Å². The van der Waals surface area contributed by atoms with Crippen LogP contribution in [0.1, 0.15) is 31.8 Å². The van der Waals surface area contributed by atoms with E-state index >= 15 is 0 Å². The zero-order valence-electron chi connectivity index (χ0n) is 31.2. The van der Waals surface area contributed by atoms with Crippen LogP contribution >= 0.6 is 23.2 Å². The molecule has 0 radical (unpaired) electrons. The normalized spacial score (nSPS) is 11.7. The highest BCUT2D eigenvalue weighted by atomic mass is 35.5. The standard InChI is InChI=1S/C22H11ClF6N2O.C22H12ClF5N2O/c23-19-3-1-2-13-8-15(22(27,28)29)20(31(13)19)11-4-6-12(7-5-11)30-21(32)14-9-17(25)18(26)10-16(14)24;23-18-6-1-3-14-11-15(22(26,27)28)20(30(14)18)12-7-9-13(10-8-12)29-21(31)19-16(24)4-2-5-17(19)25/h1-10H,(H,30,32);1-11H,(H,29,31). The van der Waals surface area contributed by atoms with Crippen LogP contribution in [0.2, 0.25) is 10.3 Å². The van der Waals surface area contributed by atoms with E-state index in [-0.39, 0.29) is 61.3 Å². The molecule has 322 valence electrons. The van der Waals surface area contributed by atoms with Crippen LogP contribution in [0, 0.1) is 29.1 Å².